The minimum Gasteiger partial charge on any atom is -0.420 e. The molecule has 302 valence electrons. The standard InChI is InChI=1S/C41H50F4O8S2/c42-32-34(44)38(54(47,48)49)35(45)33(43)36(32)52-39(46)40-19-24-16-25(20-40)22-41(21-24,23-40)53-55(50,51)37-30(27-12-6-2-7-13-27)17-29(26-10-4-1-5-11-26)18-31(37)28-14-8-3-9-15-28/h17-18,24-28H,1-16,19-23H2,(H,47,48,49). The summed E-state index contributed by atoms with van der Waals surface area (Å²) in [5, 5.41) is 0. The normalized spacial score (nSPS) is 29.5. The second-order valence-corrected chi connectivity index (χ2v) is 20.6. The lowest BCUT2D eigenvalue weighted by molar-refractivity contribution is -0.182. The van der Waals surface area contributed by atoms with Crippen molar-refractivity contribution in [1.29, 1.82) is 0 Å². The molecule has 0 heterocycles. The Morgan fingerprint density at radius 3 is 1.55 bits per heavy atom. The van der Waals surface area contributed by atoms with Crippen LogP contribution in [0.3, 0.4) is 0 Å². The molecule has 7 aliphatic rings. The summed E-state index contributed by atoms with van der Waals surface area (Å²) in [6.07, 6.45) is 17.2. The largest absolute Gasteiger partial charge is 0.420 e. The highest BCUT2D eigenvalue weighted by atomic mass is 32.2. The van der Waals surface area contributed by atoms with Crippen LogP contribution in [0.15, 0.2) is 21.9 Å². The molecule has 2 unspecified atom stereocenters. The zero-order valence-corrected chi connectivity index (χ0v) is 32.7. The first-order chi connectivity index (χ1) is 26.1. The average Bonchev–Trinajstić information content (AvgIpc) is 3.14. The van der Waals surface area contributed by atoms with E-state index >= 15 is 17.2 Å². The van der Waals surface area contributed by atoms with Gasteiger partial charge in [-0.1, -0.05) is 69.9 Å². The van der Waals surface area contributed by atoms with E-state index in [1.807, 2.05) is 0 Å². The molecule has 55 heavy (non-hydrogen) atoms. The van der Waals surface area contributed by atoms with Gasteiger partial charge in [0.05, 0.1) is 11.0 Å². The Kier molecular flexibility index (Phi) is 10.5. The third kappa shape index (κ3) is 7.28. The van der Waals surface area contributed by atoms with E-state index in [-0.39, 0.29) is 47.8 Å². The first-order valence-electron chi connectivity index (χ1n) is 20.3. The molecule has 0 amide bonds. The first kappa shape index (κ1) is 39.3. The topological polar surface area (TPSA) is 124 Å². The highest BCUT2D eigenvalue weighted by Gasteiger charge is 2.64. The fraction of sp³-hybridized carbons (Fsp3) is 0.683. The highest BCUT2D eigenvalue weighted by Crippen LogP contribution is 2.64. The molecule has 0 aromatic heterocycles. The second kappa shape index (κ2) is 14.7. The molecule has 0 radical (unpaired) electrons. The molecule has 0 aliphatic heterocycles. The molecule has 2 atom stereocenters. The number of ether oxygens (including phenoxy) is 1. The van der Waals surface area contributed by atoms with Gasteiger partial charge in [0.2, 0.25) is 17.4 Å². The Bertz CT molecular complexity index is 1990. The van der Waals surface area contributed by atoms with Crippen molar-refractivity contribution in [2.75, 3.05) is 0 Å². The van der Waals surface area contributed by atoms with Crippen molar-refractivity contribution in [3.63, 3.8) is 0 Å². The molecule has 4 bridgehead atoms. The predicted octanol–water partition coefficient (Wildman–Crippen LogP) is 10.3. The number of rotatable bonds is 9. The van der Waals surface area contributed by atoms with Crippen LogP contribution >= 0.6 is 0 Å². The number of hydrogen-bond acceptors (Lipinski definition) is 7. The highest BCUT2D eigenvalue weighted by molar-refractivity contribution is 7.87. The third-order valence-electron chi connectivity index (χ3n) is 13.9. The van der Waals surface area contributed by atoms with Gasteiger partial charge in [0.15, 0.2) is 16.5 Å². The monoisotopic (exact) mass is 810 g/mol. The van der Waals surface area contributed by atoms with Crippen molar-refractivity contribution in [2.24, 2.45) is 17.3 Å². The van der Waals surface area contributed by atoms with E-state index in [4.69, 9.17) is 8.92 Å². The van der Waals surface area contributed by atoms with Crippen LogP contribution in [0.5, 0.6) is 5.75 Å². The van der Waals surface area contributed by atoms with Gasteiger partial charge in [0.1, 0.15) is 4.90 Å². The summed E-state index contributed by atoms with van der Waals surface area (Å²) in [5.41, 5.74) is 0.139. The van der Waals surface area contributed by atoms with Crippen LogP contribution in [-0.2, 0) is 29.2 Å². The predicted molar refractivity (Wildman–Crippen MR) is 194 cm³/mol. The Labute approximate surface area is 321 Å². The van der Waals surface area contributed by atoms with E-state index in [0.29, 0.717) is 25.2 Å². The summed E-state index contributed by atoms with van der Waals surface area (Å²) in [6, 6.07) is 4.34. The first-order valence-corrected chi connectivity index (χ1v) is 23.1. The van der Waals surface area contributed by atoms with E-state index in [1.54, 1.807) is 0 Å². The van der Waals surface area contributed by atoms with Crippen LogP contribution in [0.4, 0.5) is 17.6 Å². The zero-order chi connectivity index (χ0) is 38.9. The fourth-order valence-corrected chi connectivity index (χ4v) is 14.4. The average molecular weight is 811 g/mol. The van der Waals surface area contributed by atoms with Crippen LogP contribution < -0.4 is 4.74 Å². The van der Waals surface area contributed by atoms with Crippen molar-refractivity contribution in [2.45, 2.75) is 168 Å². The van der Waals surface area contributed by atoms with Crippen LogP contribution in [0.2, 0.25) is 0 Å². The number of halogens is 4. The van der Waals surface area contributed by atoms with Gasteiger partial charge in [0.25, 0.3) is 10.1 Å². The Morgan fingerprint density at radius 2 is 1.09 bits per heavy atom. The third-order valence-corrected chi connectivity index (χ3v) is 16.4. The van der Waals surface area contributed by atoms with Gasteiger partial charge in [-0.25, -0.2) is 8.78 Å². The number of hydrogen-bond donors (Lipinski definition) is 1. The van der Waals surface area contributed by atoms with Crippen LogP contribution in [0.25, 0.3) is 0 Å². The van der Waals surface area contributed by atoms with Gasteiger partial charge in [-0.15, -0.1) is 0 Å². The Balaban J connectivity index is 1.17. The van der Waals surface area contributed by atoms with Crippen LogP contribution in [-0.4, -0.2) is 33.0 Å². The smallest absolute Gasteiger partial charge is 0.317 e. The number of benzene rings is 2. The molecule has 0 saturated heterocycles. The Hall–Kier alpha value is -2.55. The summed E-state index contributed by atoms with van der Waals surface area (Å²) in [5.74, 6) is -12.3. The molecule has 2 aromatic carbocycles. The molecular weight excluding hydrogens is 761 g/mol. The molecule has 7 saturated carbocycles. The summed E-state index contributed by atoms with van der Waals surface area (Å²) in [4.78, 5) is 12.0. The van der Waals surface area contributed by atoms with Gasteiger partial charge in [-0.3, -0.25) is 13.5 Å². The molecule has 7 fully saturated rings. The fourth-order valence-electron chi connectivity index (χ4n) is 12.0. The maximum absolute atomic E-state index is 15.2. The minimum absolute atomic E-state index is 0.0727. The SMILES string of the molecule is O=C(Oc1c(F)c(F)c(S(=O)(=O)O)c(F)c1F)C12CC3CC(CC(OS(=O)(=O)c4c(C5CCCCC5)cc(C5CCCCC5)cc4C4CCCCC4)(C3)C1)C2. The van der Waals surface area contributed by atoms with Crippen molar-refractivity contribution in [3.05, 3.63) is 52.1 Å². The van der Waals surface area contributed by atoms with Crippen molar-refractivity contribution in [1.82, 2.24) is 0 Å². The molecular formula is C41H50F4O8S2. The van der Waals surface area contributed by atoms with Crippen molar-refractivity contribution >= 4 is 26.2 Å². The Morgan fingerprint density at radius 1 is 0.636 bits per heavy atom. The summed E-state index contributed by atoms with van der Waals surface area (Å²) in [6.45, 7) is 0. The van der Waals surface area contributed by atoms with E-state index in [2.05, 4.69) is 12.1 Å². The van der Waals surface area contributed by atoms with Gasteiger partial charge in [-0.05, 0) is 123 Å². The summed E-state index contributed by atoms with van der Waals surface area (Å²) in [7, 11) is -10.2. The molecule has 8 nitrogen and oxygen atoms in total. The van der Waals surface area contributed by atoms with Gasteiger partial charge < -0.3 is 4.74 Å². The van der Waals surface area contributed by atoms with Crippen molar-refractivity contribution in [3.8, 4) is 5.75 Å². The molecule has 9 rings (SSSR count). The lowest BCUT2D eigenvalue weighted by Crippen LogP contribution is -2.60. The van der Waals surface area contributed by atoms with E-state index in [1.165, 1.54) is 12.0 Å². The quantitative estimate of drug-likeness (QED) is 0.0663. The van der Waals surface area contributed by atoms with Gasteiger partial charge >= 0.3 is 16.1 Å². The van der Waals surface area contributed by atoms with Crippen LogP contribution in [0, 0.1) is 40.5 Å². The lowest BCUT2D eigenvalue weighted by atomic mass is 9.48. The lowest BCUT2D eigenvalue weighted by Gasteiger charge is -2.59. The maximum Gasteiger partial charge on any atom is 0.317 e. The van der Waals surface area contributed by atoms with Gasteiger partial charge in [-0.2, -0.15) is 25.6 Å². The van der Waals surface area contributed by atoms with Gasteiger partial charge in [0, 0.05) is 0 Å². The van der Waals surface area contributed by atoms with Crippen LogP contribution in [0.1, 0.15) is 169 Å². The maximum atomic E-state index is 15.2. The molecule has 1 N–H and O–H groups in total. The zero-order valence-electron chi connectivity index (χ0n) is 31.0. The van der Waals surface area contributed by atoms with E-state index in [0.717, 1.165) is 101 Å². The summed E-state index contributed by atoms with van der Waals surface area (Å²) >= 11 is 0. The molecule has 7 aliphatic carbocycles. The summed E-state index contributed by atoms with van der Waals surface area (Å²) < 4.78 is 134. The van der Waals surface area contributed by atoms with E-state index in [9.17, 15) is 26.5 Å². The molecule has 14 heteroatoms. The number of carbonyl (C=O) groups is 1. The molecule has 0 spiro atoms. The molecule has 2 aromatic rings. The minimum atomic E-state index is -5.71. The van der Waals surface area contributed by atoms with E-state index < -0.39 is 71.1 Å². The number of carbonyl (C=O) groups excluding carboxylic acids is 1. The number of esters is 1. The van der Waals surface area contributed by atoms with Crippen molar-refractivity contribution < 1.29 is 52.7 Å². The second-order valence-electron chi connectivity index (χ2n) is 17.8.